The molecule has 0 N–H and O–H groups in total. The van der Waals surface area contributed by atoms with Crippen molar-refractivity contribution in [1.82, 2.24) is 9.55 Å². The predicted molar refractivity (Wildman–Crippen MR) is 49.1 cm³/mol. The normalized spacial score (nSPS) is 10.9. The summed E-state index contributed by atoms with van der Waals surface area (Å²) in [7, 11) is 0. The Labute approximate surface area is 82.7 Å². The lowest BCUT2D eigenvalue weighted by Gasteiger charge is -1.92. The first-order valence-electron chi connectivity index (χ1n) is 3.43. The minimum atomic E-state index is -0.528. The smallest absolute Gasteiger partial charge is 0.406 e. The molecule has 0 unspecified atom stereocenters. The van der Waals surface area contributed by atoms with Crippen molar-refractivity contribution in [2.24, 2.45) is 0 Å². The monoisotopic (exact) mass is 218 g/mol. The molecule has 0 saturated heterocycles. The maximum Gasteiger partial charge on any atom is 0.422 e. The molecule has 2 aromatic heterocycles. The molecule has 2 heterocycles. The number of rotatable bonds is 1. The largest absolute Gasteiger partial charge is 0.422 e. The molecular formula is C7H4Cl2N2O2. The molecule has 0 aromatic carbocycles. The summed E-state index contributed by atoms with van der Waals surface area (Å²) in [6.45, 7) is 0. The van der Waals surface area contributed by atoms with Gasteiger partial charge >= 0.3 is 5.76 Å². The SMILES string of the molecule is O=c1oc2cc(Cl)cnc2n1CCl. The van der Waals surface area contributed by atoms with Crippen molar-refractivity contribution in [2.75, 3.05) is 0 Å². The lowest BCUT2D eigenvalue weighted by molar-refractivity contribution is 0.525. The van der Waals surface area contributed by atoms with Crippen LogP contribution in [0.25, 0.3) is 11.2 Å². The molecule has 0 aliphatic rings. The van der Waals surface area contributed by atoms with Crippen LogP contribution in [-0.4, -0.2) is 9.55 Å². The third-order valence-electron chi connectivity index (χ3n) is 1.59. The molecule has 0 fully saturated rings. The van der Waals surface area contributed by atoms with Gasteiger partial charge in [-0.3, -0.25) is 0 Å². The van der Waals surface area contributed by atoms with Gasteiger partial charge in [0.2, 0.25) is 0 Å². The third kappa shape index (κ3) is 1.32. The zero-order chi connectivity index (χ0) is 9.42. The van der Waals surface area contributed by atoms with Crippen LogP contribution < -0.4 is 5.76 Å². The highest BCUT2D eigenvalue weighted by atomic mass is 35.5. The van der Waals surface area contributed by atoms with Crippen LogP contribution in [0, 0.1) is 0 Å². The molecule has 0 saturated carbocycles. The second-order valence-electron chi connectivity index (χ2n) is 2.39. The molecule has 0 bridgehead atoms. The van der Waals surface area contributed by atoms with Crippen molar-refractivity contribution in [1.29, 1.82) is 0 Å². The standard InChI is InChI=1S/C7H4Cl2N2O2/c8-3-11-6-5(13-7(11)12)1-4(9)2-10-6/h1-2H,3H2. The van der Waals surface area contributed by atoms with E-state index in [0.29, 0.717) is 16.3 Å². The second kappa shape index (κ2) is 3.05. The van der Waals surface area contributed by atoms with E-state index in [1.165, 1.54) is 16.8 Å². The van der Waals surface area contributed by atoms with Gasteiger partial charge < -0.3 is 4.42 Å². The van der Waals surface area contributed by atoms with E-state index in [1.54, 1.807) is 0 Å². The third-order valence-corrected chi connectivity index (χ3v) is 2.04. The summed E-state index contributed by atoms with van der Waals surface area (Å²) in [6.07, 6.45) is 1.43. The van der Waals surface area contributed by atoms with Crippen LogP contribution in [-0.2, 0) is 6.00 Å². The fourth-order valence-electron chi connectivity index (χ4n) is 1.03. The van der Waals surface area contributed by atoms with E-state index in [4.69, 9.17) is 27.6 Å². The van der Waals surface area contributed by atoms with Crippen molar-refractivity contribution in [2.45, 2.75) is 6.00 Å². The molecule has 6 heteroatoms. The van der Waals surface area contributed by atoms with Crippen molar-refractivity contribution in [3.8, 4) is 0 Å². The van der Waals surface area contributed by atoms with Gasteiger partial charge in [-0.2, -0.15) is 0 Å². The number of hydrogen-bond acceptors (Lipinski definition) is 3. The van der Waals surface area contributed by atoms with Gasteiger partial charge in [0.05, 0.1) is 5.02 Å². The average Bonchev–Trinajstić information content (AvgIpc) is 2.39. The number of alkyl halides is 1. The van der Waals surface area contributed by atoms with E-state index in [9.17, 15) is 4.79 Å². The van der Waals surface area contributed by atoms with Crippen molar-refractivity contribution < 1.29 is 4.42 Å². The zero-order valence-electron chi connectivity index (χ0n) is 6.33. The van der Waals surface area contributed by atoms with E-state index < -0.39 is 5.76 Å². The molecule has 0 radical (unpaired) electrons. The number of aromatic nitrogens is 2. The van der Waals surface area contributed by atoms with Gasteiger partial charge in [-0.05, 0) is 0 Å². The Kier molecular flexibility index (Phi) is 2.01. The van der Waals surface area contributed by atoms with Crippen LogP contribution in [0.1, 0.15) is 0 Å². The molecule has 0 aliphatic heterocycles. The van der Waals surface area contributed by atoms with Gasteiger partial charge in [-0.15, -0.1) is 11.6 Å². The molecule has 0 amide bonds. The van der Waals surface area contributed by atoms with E-state index in [1.807, 2.05) is 0 Å². The summed E-state index contributed by atoms with van der Waals surface area (Å²) >= 11 is 11.2. The topological polar surface area (TPSA) is 48.0 Å². The Morgan fingerprint density at radius 3 is 3.08 bits per heavy atom. The van der Waals surface area contributed by atoms with Crippen LogP contribution in [0.15, 0.2) is 21.5 Å². The highest BCUT2D eigenvalue weighted by Gasteiger charge is 2.09. The Bertz CT molecular complexity index is 503. The number of nitrogens with zero attached hydrogens (tertiary/aromatic N) is 2. The van der Waals surface area contributed by atoms with Gasteiger partial charge in [-0.1, -0.05) is 11.6 Å². The molecule has 4 nitrogen and oxygen atoms in total. The van der Waals surface area contributed by atoms with E-state index in [-0.39, 0.29) is 6.00 Å². The minimum Gasteiger partial charge on any atom is -0.406 e. The Morgan fingerprint density at radius 2 is 2.38 bits per heavy atom. The number of pyridine rings is 1. The summed E-state index contributed by atoms with van der Waals surface area (Å²) in [6, 6.07) is 1.54. The maximum atomic E-state index is 11.1. The lowest BCUT2D eigenvalue weighted by Crippen LogP contribution is -2.11. The van der Waals surface area contributed by atoms with E-state index in [2.05, 4.69) is 4.98 Å². The Hall–Kier alpha value is -1.00. The van der Waals surface area contributed by atoms with Gasteiger partial charge in [-0.25, -0.2) is 14.3 Å². The molecular weight excluding hydrogens is 215 g/mol. The maximum absolute atomic E-state index is 11.1. The predicted octanol–water partition coefficient (Wildman–Crippen LogP) is 1.84. The summed E-state index contributed by atoms with van der Waals surface area (Å²) in [5, 5.41) is 0.419. The molecule has 68 valence electrons. The first-order valence-corrected chi connectivity index (χ1v) is 4.34. The fourth-order valence-corrected chi connectivity index (χ4v) is 1.39. The summed E-state index contributed by atoms with van der Waals surface area (Å²) in [5.41, 5.74) is 0.752. The molecule has 0 atom stereocenters. The average molecular weight is 219 g/mol. The van der Waals surface area contributed by atoms with E-state index >= 15 is 0 Å². The van der Waals surface area contributed by atoms with Crippen LogP contribution >= 0.6 is 23.2 Å². The van der Waals surface area contributed by atoms with Crippen molar-refractivity contribution in [3.05, 3.63) is 27.8 Å². The summed E-state index contributed by atoms with van der Waals surface area (Å²) < 4.78 is 6.06. The molecule has 13 heavy (non-hydrogen) atoms. The van der Waals surface area contributed by atoms with Crippen LogP contribution in [0.4, 0.5) is 0 Å². The van der Waals surface area contributed by atoms with E-state index in [0.717, 1.165) is 0 Å². The van der Waals surface area contributed by atoms with Gasteiger partial charge in [0.15, 0.2) is 11.2 Å². The molecule has 0 aliphatic carbocycles. The number of halogens is 2. The van der Waals surface area contributed by atoms with Gasteiger partial charge in [0.25, 0.3) is 0 Å². The first kappa shape index (κ1) is 8.59. The second-order valence-corrected chi connectivity index (χ2v) is 3.07. The highest BCUT2D eigenvalue weighted by molar-refractivity contribution is 6.30. The molecule has 0 spiro atoms. The van der Waals surface area contributed by atoms with Crippen molar-refractivity contribution >= 4 is 34.4 Å². The Balaban J connectivity index is 2.87. The highest BCUT2D eigenvalue weighted by Crippen LogP contribution is 2.15. The Morgan fingerprint density at radius 1 is 1.62 bits per heavy atom. The fraction of sp³-hybridized carbons (Fsp3) is 0.143. The van der Waals surface area contributed by atoms with Crippen molar-refractivity contribution in [3.63, 3.8) is 0 Å². The van der Waals surface area contributed by atoms with Crippen LogP contribution in [0.5, 0.6) is 0 Å². The molecule has 2 aromatic rings. The minimum absolute atomic E-state index is 0.0144. The lowest BCUT2D eigenvalue weighted by atomic mass is 10.4. The quantitative estimate of drug-likeness (QED) is 0.687. The number of hydrogen-bond donors (Lipinski definition) is 0. The first-order chi connectivity index (χ1) is 6.22. The van der Waals surface area contributed by atoms with Crippen LogP contribution in [0.3, 0.4) is 0 Å². The van der Waals surface area contributed by atoms with Gasteiger partial charge in [0.1, 0.15) is 6.00 Å². The summed E-state index contributed by atoms with van der Waals surface area (Å²) in [4.78, 5) is 15.0. The number of fused-ring (bicyclic) bond motifs is 1. The van der Waals surface area contributed by atoms with Gasteiger partial charge in [0, 0.05) is 12.3 Å². The molecule has 2 rings (SSSR count). The van der Waals surface area contributed by atoms with Crippen LogP contribution in [0.2, 0.25) is 5.02 Å². The summed E-state index contributed by atoms with van der Waals surface area (Å²) in [5.74, 6) is -0.528. The zero-order valence-corrected chi connectivity index (χ0v) is 7.84. The number of oxazole rings is 1.